The average molecular weight is 406 g/mol. The average Bonchev–Trinajstić information content (AvgIpc) is 3.20. The number of amides is 1. The number of fused-ring (bicyclic) bond motifs is 1. The molecule has 0 unspecified atom stereocenters. The van der Waals surface area contributed by atoms with Crippen molar-refractivity contribution in [1.29, 1.82) is 0 Å². The van der Waals surface area contributed by atoms with Gasteiger partial charge in [0, 0.05) is 43.9 Å². The summed E-state index contributed by atoms with van der Waals surface area (Å²) in [6.45, 7) is 7.45. The third-order valence-corrected chi connectivity index (χ3v) is 5.15. The van der Waals surface area contributed by atoms with Crippen molar-refractivity contribution < 1.29 is 19.4 Å². The second-order valence-electron chi connectivity index (χ2n) is 8.14. The van der Waals surface area contributed by atoms with E-state index < -0.39 is 5.60 Å². The van der Waals surface area contributed by atoms with Gasteiger partial charge in [0.2, 0.25) is 6.79 Å². The highest BCUT2D eigenvalue weighted by molar-refractivity contribution is 5.94. The van der Waals surface area contributed by atoms with Crippen molar-refractivity contribution in [3.8, 4) is 23.3 Å². The number of aliphatic hydroxyl groups is 1. The Hall–Kier alpha value is -3.01. The molecule has 1 fully saturated rings. The Morgan fingerprint density at radius 2 is 1.73 bits per heavy atom. The number of benzene rings is 2. The second-order valence-corrected chi connectivity index (χ2v) is 8.14. The molecule has 6 nitrogen and oxygen atoms in total. The van der Waals surface area contributed by atoms with Gasteiger partial charge in [-0.3, -0.25) is 9.69 Å². The van der Waals surface area contributed by atoms with Gasteiger partial charge in [-0.15, -0.1) is 0 Å². The van der Waals surface area contributed by atoms with Gasteiger partial charge in [-0.25, -0.2) is 0 Å². The summed E-state index contributed by atoms with van der Waals surface area (Å²) in [5, 5.41) is 9.70. The van der Waals surface area contributed by atoms with Gasteiger partial charge in [0.15, 0.2) is 11.5 Å². The Morgan fingerprint density at radius 3 is 2.43 bits per heavy atom. The fourth-order valence-corrected chi connectivity index (χ4v) is 3.51. The molecular formula is C24H26N2O4. The molecule has 0 aliphatic carbocycles. The van der Waals surface area contributed by atoms with Crippen molar-refractivity contribution in [3.63, 3.8) is 0 Å². The molecule has 2 aromatic carbocycles. The van der Waals surface area contributed by atoms with Crippen molar-refractivity contribution in [2.75, 3.05) is 33.0 Å². The fourth-order valence-electron chi connectivity index (χ4n) is 3.51. The number of hydrogen-bond acceptors (Lipinski definition) is 5. The quantitative estimate of drug-likeness (QED) is 0.794. The second kappa shape index (κ2) is 8.39. The van der Waals surface area contributed by atoms with Crippen LogP contribution in [0.1, 0.15) is 35.3 Å². The maximum Gasteiger partial charge on any atom is 0.253 e. The number of ether oxygens (including phenoxy) is 2. The lowest BCUT2D eigenvalue weighted by Gasteiger charge is -2.34. The van der Waals surface area contributed by atoms with E-state index in [1.54, 1.807) is 26.0 Å². The molecule has 2 aliphatic rings. The van der Waals surface area contributed by atoms with E-state index in [1.165, 1.54) is 5.56 Å². The Morgan fingerprint density at radius 1 is 1.03 bits per heavy atom. The lowest BCUT2D eigenvalue weighted by molar-refractivity contribution is 0.0628. The zero-order chi connectivity index (χ0) is 21.1. The molecule has 6 heteroatoms. The van der Waals surface area contributed by atoms with Gasteiger partial charge in [-0.1, -0.05) is 17.9 Å². The lowest BCUT2D eigenvalue weighted by atomic mass is 10.1. The zero-order valence-corrected chi connectivity index (χ0v) is 17.4. The third kappa shape index (κ3) is 4.93. The van der Waals surface area contributed by atoms with E-state index in [0.29, 0.717) is 18.7 Å². The molecule has 0 atom stereocenters. The Kier molecular flexibility index (Phi) is 5.67. The summed E-state index contributed by atoms with van der Waals surface area (Å²) in [7, 11) is 0. The van der Waals surface area contributed by atoms with Crippen LogP contribution in [0.2, 0.25) is 0 Å². The molecule has 0 radical (unpaired) electrons. The molecule has 0 bridgehead atoms. The lowest BCUT2D eigenvalue weighted by Crippen LogP contribution is -2.48. The molecule has 30 heavy (non-hydrogen) atoms. The molecule has 2 aromatic rings. The van der Waals surface area contributed by atoms with E-state index in [4.69, 9.17) is 9.47 Å². The van der Waals surface area contributed by atoms with Crippen LogP contribution in [0.3, 0.4) is 0 Å². The molecule has 4 rings (SSSR count). The highest BCUT2D eigenvalue weighted by atomic mass is 16.7. The first-order valence-electron chi connectivity index (χ1n) is 10.1. The van der Waals surface area contributed by atoms with Gasteiger partial charge in [0.05, 0.1) is 0 Å². The highest BCUT2D eigenvalue weighted by Crippen LogP contribution is 2.32. The molecule has 2 heterocycles. The number of hydrogen-bond donors (Lipinski definition) is 1. The Labute approximate surface area is 177 Å². The molecule has 0 saturated carbocycles. The molecular weight excluding hydrogens is 380 g/mol. The molecule has 0 spiro atoms. The Balaban J connectivity index is 1.31. The molecule has 1 saturated heterocycles. The summed E-state index contributed by atoms with van der Waals surface area (Å²) in [5.41, 5.74) is 1.59. The number of carbonyl (C=O) groups is 1. The largest absolute Gasteiger partial charge is 0.454 e. The molecule has 1 N–H and O–H groups in total. The SMILES string of the molecule is CC(C)(O)C#Cc1ccc(C(=O)N2CCN(Cc3ccc4c(c3)OCO4)CC2)cc1. The standard InChI is InChI=1S/C24H26N2O4/c1-24(2,28)10-9-18-3-6-20(7-4-18)23(27)26-13-11-25(12-14-26)16-19-5-8-21-22(15-19)30-17-29-21/h3-8,15,28H,11-14,16-17H2,1-2H3. The smallest absolute Gasteiger partial charge is 0.253 e. The summed E-state index contributed by atoms with van der Waals surface area (Å²) in [4.78, 5) is 17.1. The summed E-state index contributed by atoms with van der Waals surface area (Å²) in [5.74, 6) is 7.35. The number of nitrogens with zero attached hydrogens (tertiary/aromatic N) is 2. The van der Waals surface area contributed by atoms with Gasteiger partial charge in [0.25, 0.3) is 5.91 Å². The van der Waals surface area contributed by atoms with Crippen LogP contribution in [0.15, 0.2) is 42.5 Å². The summed E-state index contributed by atoms with van der Waals surface area (Å²) in [6, 6.07) is 13.3. The molecule has 2 aliphatic heterocycles. The van der Waals surface area contributed by atoms with Crippen LogP contribution in [0.4, 0.5) is 0 Å². The maximum absolute atomic E-state index is 12.8. The first kappa shape index (κ1) is 20.3. The van der Waals surface area contributed by atoms with Gasteiger partial charge in [0.1, 0.15) is 5.60 Å². The van der Waals surface area contributed by atoms with E-state index in [-0.39, 0.29) is 12.7 Å². The molecule has 1 amide bonds. The van der Waals surface area contributed by atoms with Gasteiger partial charge >= 0.3 is 0 Å². The van der Waals surface area contributed by atoms with Crippen LogP contribution in [-0.2, 0) is 6.54 Å². The topological polar surface area (TPSA) is 62.2 Å². The number of piperazine rings is 1. The summed E-state index contributed by atoms with van der Waals surface area (Å²) in [6.07, 6.45) is 0. The normalized spacial score (nSPS) is 16.2. The maximum atomic E-state index is 12.8. The predicted octanol–water partition coefficient (Wildman–Crippen LogP) is 2.50. The first-order chi connectivity index (χ1) is 14.4. The zero-order valence-electron chi connectivity index (χ0n) is 17.4. The minimum atomic E-state index is -1.03. The van der Waals surface area contributed by atoms with Crippen LogP contribution in [0.5, 0.6) is 11.5 Å². The number of carbonyl (C=O) groups excluding carboxylic acids is 1. The highest BCUT2D eigenvalue weighted by Gasteiger charge is 2.23. The predicted molar refractivity (Wildman–Crippen MR) is 113 cm³/mol. The van der Waals surface area contributed by atoms with Crippen LogP contribution in [0.25, 0.3) is 0 Å². The van der Waals surface area contributed by atoms with Gasteiger partial charge in [-0.05, 0) is 55.8 Å². The van der Waals surface area contributed by atoms with Crippen molar-refractivity contribution in [2.24, 2.45) is 0 Å². The Bertz CT molecular complexity index is 975. The van der Waals surface area contributed by atoms with Crippen LogP contribution < -0.4 is 9.47 Å². The summed E-state index contributed by atoms with van der Waals surface area (Å²) >= 11 is 0. The van der Waals surface area contributed by atoms with E-state index in [1.807, 2.05) is 29.2 Å². The van der Waals surface area contributed by atoms with Crippen molar-refractivity contribution in [1.82, 2.24) is 9.80 Å². The summed E-state index contributed by atoms with van der Waals surface area (Å²) < 4.78 is 10.8. The van der Waals surface area contributed by atoms with Gasteiger partial charge < -0.3 is 19.5 Å². The first-order valence-corrected chi connectivity index (χ1v) is 10.1. The van der Waals surface area contributed by atoms with Crippen LogP contribution in [-0.4, -0.2) is 59.4 Å². The van der Waals surface area contributed by atoms with Crippen LogP contribution >= 0.6 is 0 Å². The minimum Gasteiger partial charge on any atom is -0.454 e. The third-order valence-electron chi connectivity index (χ3n) is 5.15. The minimum absolute atomic E-state index is 0.0414. The van der Waals surface area contributed by atoms with Crippen molar-refractivity contribution in [3.05, 3.63) is 59.2 Å². The van der Waals surface area contributed by atoms with Crippen molar-refractivity contribution >= 4 is 5.91 Å². The van der Waals surface area contributed by atoms with Gasteiger partial charge in [-0.2, -0.15) is 0 Å². The van der Waals surface area contributed by atoms with E-state index in [2.05, 4.69) is 22.8 Å². The van der Waals surface area contributed by atoms with E-state index in [9.17, 15) is 9.90 Å². The van der Waals surface area contributed by atoms with Crippen molar-refractivity contribution in [2.45, 2.75) is 26.0 Å². The molecule has 0 aromatic heterocycles. The monoisotopic (exact) mass is 406 g/mol. The number of rotatable bonds is 3. The van der Waals surface area contributed by atoms with E-state index >= 15 is 0 Å². The fraction of sp³-hybridized carbons (Fsp3) is 0.375. The van der Waals surface area contributed by atoms with E-state index in [0.717, 1.165) is 36.7 Å². The van der Waals surface area contributed by atoms with Crippen LogP contribution in [0, 0.1) is 11.8 Å². The molecule has 156 valence electrons.